The fraction of sp³-hybridized carbons (Fsp3) is 0.364. The number of fused-ring (bicyclic) bond motifs is 1. The molecule has 5 nitrogen and oxygen atoms in total. The van der Waals surface area contributed by atoms with E-state index in [1.807, 2.05) is 36.4 Å². The summed E-state index contributed by atoms with van der Waals surface area (Å²) >= 11 is 0. The first-order valence-corrected chi connectivity index (χ1v) is 9.38. The summed E-state index contributed by atoms with van der Waals surface area (Å²) in [7, 11) is 0. The van der Waals surface area contributed by atoms with E-state index in [1.165, 1.54) is 5.56 Å². The van der Waals surface area contributed by atoms with Crippen LogP contribution in [0.2, 0.25) is 0 Å². The molecule has 1 aromatic carbocycles. The number of pyridine rings is 1. The zero-order valence-corrected chi connectivity index (χ0v) is 15.6. The van der Waals surface area contributed by atoms with Crippen LogP contribution in [0.15, 0.2) is 47.6 Å². The van der Waals surface area contributed by atoms with Crippen molar-refractivity contribution in [3.8, 4) is 0 Å². The molecule has 140 valence electrons. The first kappa shape index (κ1) is 19.0. The van der Waals surface area contributed by atoms with Crippen LogP contribution >= 0.6 is 0 Å². The fourth-order valence-electron chi connectivity index (χ4n) is 3.19. The molecule has 0 bridgehead atoms. The number of hydrogen-bond donors (Lipinski definition) is 0. The molecule has 5 heteroatoms. The number of ketones is 1. The monoisotopic (exact) mass is 364 g/mol. The van der Waals surface area contributed by atoms with Crippen LogP contribution in [-0.2, 0) is 33.7 Å². The summed E-state index contributed by atoms with van der Waals surface area (Å²) in [4.78, 5) is 32.7. The molecule has 0 spiro atoms. The molecular formula is C22H24N2O3. The van der Waals surface area contributed by atoms with Crippen molar-refractivity contribution in [2.45, 2.75) is 45.6 Å². The van der Waals surface area contributed by atoms with Crippen molar-refractivity contribution in [2.75, 3.05) is 6.61 Å². The summed E-state index contributed by atoms with van der Waals surface area (Å²) in [6, 6.07) is 12.0. The van der Waals surface area contributed by atoms with Crippen LogP contribution in [-0.4, -0.2) is 29.1 Å². The van der Waals surface area contributed by atoms with E-state index in [0.29, 0.717) is 38.8 Å². The van der Waals surface area contributed by atoms with E-state index in [4.69, 9.17) is 4.74 Å². The average Bonchev–Trinajstić information content (AvgIpc) is 3.08. The number of Topliss-reactive ketones (excluding diaryl/α,β-unsaturated/α-hetero) is 1. The van der Waals surface area contributed by atoms with Gasteiger partial charge in [0.1, 0.15) is 5.78 Å². The topological polar surface area (TPSA) is 68.6 Å². The molecule has 1 aliphatic rings. The van der Waals surface area contributed by atoms with Gasteiger partial charge < -0.3 is 4.74 Å². The smallest absolute Gasteiger partial charge is 0.306 e. The molecule has 0 atom stereocenters. The van der Waals surface area contributed by atoms with Crippen molar-refractivity contribution >= 4 is 17.5 Å². The average molecular weight is 364 g/mol. The van der Waals surface area contributed by atoms with E-state index in [9.17, 15) is 9.59 Å². The minimum Gasteiger partial charge on any atom is -0.466 e. The highest BCUT2D eigenvalue weighted by atomic mass is 16.5. The molecular weight excluding hydrogens is 340 g/mol. The van der Waals surface area contributed by atoms with Crippen molar-refractivity contribution in [1.29, 1.82) is 0 Å². The zero-order valence-electron chi connectivity index (χ0n) is 15.6. The van der Waals surface area contributed by atoms with Crippen LogP contribution in [0.4, 0.5) is 0 Å². The van der Waals surface area contributed by atoms with Gasteiger partial charge in [-0.25, -0.2) is 0 Å². The lowest BCUT2D eigenvalue weighted by Crippen LogP contribution is -2.09. The van der Waals surface area contributed by atoms with Gasteiger partial charge in [-0.1, -0.05) is 30.3 Å². The molecule has 0 aliphatic carbocycles. The lowest BCUT2D eigenvalue weighted by Gasteiger charge is -2.06. The molecule has 0 unspecified atom stereocenters. The lowest BCUT2D eigenvalue weighted by molar-refractivity contribution is -0.142. The van der Waals surface area contributed by atoms with E-state index >= 15 is 0 Å². The van der Waals surface area contributed by atoms with Crippen molar-refractivity contribution in [1.82, 2.24) is 4.98 Å². The summed E-state index contributed by atoms with van der Waals surface area (Å²) in [6.07, 6.45) is 4.29. The van der Waals surface area contributed by atoms with Crippen molar-refractivity contribution in [2.24, 2.45) is 4.99 Å². The molecule has 0 saturated carbocycles. The largest absolute Gasteiger partial charge is 0.466 e. The Labute approximate surface area is 159 Å². The summed E-state index contributed by atoms with van der Waals surface area (Å²) in [6.45, 7) is 2.78. The standard InChI is InChI=1S/C22H24N2O3/c1-2-27-22(26)11-10-21-20-15-23-18(12-17(20)14-24-21)13-19(25)9-8-16-6-4-3-5-7-16/h3-7,12,15H,2,8-11,13-14H2,1H3. The van der Waals surface area contributed by atoms with Gasteiger partial charge >= 0.3 is 5.97 Å². The van der Waals surface area contributed by atoms with Gasteiger partial charge in [-0.15, -0.1) is 0 Å². The number of benzene rings is 1. The number of carbonyl (C=O) groups excluding carboxylic acids is 2. The molecule has 2 aromatic rings. The van der Waals surface area contributed by atoms with Gasteiger partial charge in [0.25, 0.3) is 0 Å². The predicted octanol–water partition coefficient (Wildman–Crippen LogP) is 3.47. The van der Waals surface area contributed by atoms with Crippen LogP contribution in [0, 0.1) is 0 Å². The Morgan fingerprint density at radius 2 is 1.93 bits per heavy atom. The number of carbonyl (C=O) groups is 2. The molecule has 3 rings (SSSR count). The van der Waals surface area contributed by atoms with Gasteiger partial charge in [0.2, 0.25) is 0 Å². The van der Waals surface area contributed by atoms with Gasteiger partial charge in [-0.05, 0) is 30.5 Å². The van der Waals surface area contributed by atoms with Crippen LogP contribution < -0.4 is 0 Å². The Morgan fingerprint density at radius 3 is 2.70 bits per heavy atom. The van der Waals surface area contributed by atoms with E-state index in [2.05, 4.69) is 9.98 Å². The highest BCUT2D eigenvalue weighted by Gasteiger charge is 2.18. The molecule has 1 aromatic heterocycles. The van der Waals surface area contributed by atoms with Crippen molar-refractivity contribution in [3.05, 3.63) is 65.0 Å². The second-order valence-electron chi connectivity index (χ2n) is 6.60. The first-order valence-electron chi connectivity index (χ1n) is 9.38. The maximum atomic E-state index is 12.3. The molecule has 27 heavy (non-hydrogen) atoms. The van der Waals surface area contributed by atoms with Gasteiger partial charge in [0, 0.05) is 42.4 Å². The van der Waals surface area contributed by atoms with Crippen LogP contribution in [0.25, 0.3) is 0 Å². The Bertz CT molecular complexity index is 844. The summed E-state index contributed by atoms with van der Waals surface area (Å²) < 4.78 is 4.96. The third kappa shape index (κ3) is 5.33. The van der Waals surface area contributed by atoms with E-state index < -0.39 is 0 Å². The third-order valence-electron chi connectivity index (χ3n) is 4.58. The maximum Gasteiger partial charge on any atom is 0.306 e. The Morgan fingerprint density at radius 1 is 1.11 bits per heavy atom. The number of hydrogen-bond acceptors (Lipinski definition) is 5. The molecule has 0 fully saturated rings. The minimum absolute atomic E-state index is 0.188. The molecule has 0 radical (unpaired) electrons. The van der Waals surface area contributed by atoms with Crippen LogP contribution in [0.3, 0.4) is 0 Å². The number of esters is 1. The van der Waals surface area contributed by atoms with Gasteiger partial charge in [0.15, 0.2) is 0 Å². The van der Waals surface area contributed by atoms with E-state index in [0.717, 1.165) is 29.0 Å². The highest BCUT2D eigenvalue weighted by Crippen LogP contribution is 2.22. The molecule has 0 N–H and O–H groups in total. The Hall–Kier alpha value is -2.82. The van der Waals surface area contributed by atoms with Gasteiger partial charge in [-0.3, -0.25) is 19.6 Å². The number of rotatable bonds is 9. The second-order valence-corrected chi connectivity index (χ2v) is 6.60. The normalized spacial score (nSPS) is 12.4. The summed E-state index contributed by atoms with van der Waals surface area (Å²) in [5.41, 5.74) is 4.92. The van der Waals surface area contributed by atoms with Gasteiger partial charge in [-0.2, -0.15) is 0 Å². The van der Waals surface area contributed by atoms with E-state index in [1.54, 1.807) is 13.1 Å². The molecule has 1 aliphatic heterocycles. The van der Waals surface area contributed by atoms with Crippen molar-refractivity contribution < 1.29 is 14.3 Å². The Balaban J connectivity index is 1.53. The number of aromatic nitrogens is 1. The summed E-state index contributed by atoms with van der Waals surface area (Å²) in [5, 5.41) is 0. The molecule has 2 heterocycles. The van der Waals surface area contributed by atoms with Crippen molar-refractivity contribution in [3.63, 3.8) is 0 Å². The number of ether oxygens (including phenoxy) is 1. The predicted molar refractivity (Wildman–Crippen MR) is 104 cm³/mol. The summed E-state index contributed by atoms with van der Waals surface area (Å²) in [5.74, 6) is -0.0185. The number of aliphatic imine (C=N–C) groups is 1. The maximum absolute atomic E-state index is 12.3. The minimum atomic E-state index is -0.206. The van der Waals surface area contributed by atoms with Crippen LogP contribution in [0.1, 0.15) is 48.6 Å². The highest BCUT2D eigenvalue weighted by molar-refractivity contribution is 6.04. The van der Waals surface area contributed by atoms with E-state index in [-0.39, 0.29) is 11.8 Å². The quantitative estimate of drug-likeness (QED) is 0.639. The second kappa shape index (κ2) is 9.21. The van der Waals surface area contributed by atoms with Gasteiger partial charge in [0.05, 0.1) is 19.6 Å². The third-order valence-corrected chi connectivity index (χ3v) is 4.58. The SMILES string of the molecule is CCOC(=O)CCC1=NCc2cc(CC(=O)CCc3ccccc3)ncc21. The lowest BCUT2D eigenvalue weighted by atomic mass is 10.0. The zero-order chi connectivity index (χ0) is 19.1. The fourth-order valence-corrected chi connectivity index (χ4v) is 3.19. The first-order chi connectivity index (χ1) is 13.2. The van der Waals surface area contributed by atoms with Crippen LogP contribution in [0.5, 0.6) is 0 Å². The number of nitrogens with zero attached hydrogens (tertiary/aromatic N) is 2. The Kier molecular flexibility index (Phi) is 6.47. The molecule has 0 amide bonds. The molecule has 0 saturated heterocycles. The number of aryl methyl sites for hydroxylation is 1.